The number of rotatable bonds is 0. The van der Waals surface area contributed by atoms with Crippen molar-refractivity contribution in [1.29, 1.82) is 0 Å². The maximum atomic E-state index is 5.71. The average Bonchev–Trinajstić information content (AvgIpc) is 2.56. The highest BCUT2D eigenvalue weighted by Gasteiger charge is 2.22. The van der Waals surface area contributed by atoms with Gasteiger partial charge in [0.05, 0.1) is 6.61 Å². The monoisotopic (exact) mass is 172 g/mol. The molecular weight excluding hydrogens is 160 g/mol. The fraction of sp³-hybridized carbons (Fsp3) is 0.333. The average molecular weight is 172 g/mol. The van der Waals surface area contributed by atoms with E-state index in [4.69, 9.17) is 4.74 Å². The van der Waals surface area contributed by atoms with E-state index in [1.165, 1.54) is 29.0 Å². The zero-order valence-electron chi connectivity index (χ0n) is 7.49. The van der Waals surface area contributed by atoms with Gasteiger partial charge in [0.1, 0.15) is 5.76 Å². The van der Waals surface area contributed by atoms with Crippen molar-refractivity contribution >= 4 is 11.8 Å². The van der Waals surface area contributed by atoms with Crippen LogP contribution in [0.15, 0.2) is 24.3 Å². The smallest absolute Gasteiger partial charge is 0.111 e. The van der Waals surface area contributed by atoms with E-state index in [-0.39, 0.29) is 0 Å². The third-order valence-electron chi connectivity index (χ3n) is 2.86. The van der Waals surface area contributed by atoms with Gasteiger partial charge < -0.3 is 4.74 Å². The highest BCUT2D eigenvalue weighted by Crippen LogP contribution is 2.26. The fourth-order valence-corrected chi connectivity index (χ4v) is 2.24. The molecule has 0 bridgehead atoms. The standard InChI is InChI=1S/C12H12O/c1-2-6-11-9(4-1)8-10-5-3-7-13-12(10)11/h1-2,4,6,8,10H,3,5,7H2. The molecular formula is C12H12O. The second kappa shape index (κ2) is 2.63. The first kappa shape index (κ1) is 7.19. The van der Waals surface area contributed by atoms with Crippen molar-refractivity contribution < 1.29 is 4.74 Å². The van der Waals surface area contributed by atoms with Gasteiger partial charge in [-0.1, -0.05) is 30.3 Å². The Morgan fingerprint density at radius 1 is 1.23 bits per heavy atom. The minimum absolute atomic E-state index is 0.561. The molecule has 1 aliphatic heterocycles. The topological polar surface area (TPSA) is 9.23 Å². The number of hydrogen-bond acceptors (Lipinski definition) is 1. The number of ether oxygens (including phenoxy) is 1. The molecule has 0 amide bonds. The van der Waals surface area contributed by atoms with Gasteiger partial charge in [0, 0.05) is 11.1 Å². The van der Waals surface area contributed by atoms with E-state index < -0.39 is 0 Å². The zero-order chi connectivity index (χ0) is 8.67. The zero-order valence-corrected chi connectivity index (χ0v) is 7.49. The van der Waals surface area contributed by atoms with Crippen LogP contribution in [0.4, 0.5) is 0 Å². The van der Waals surface area contributed by atoms with Gasteiger partial charge in [-0.15, -0.1) is 0 Å². The molecule has 13 heavy (non-hydrogen) atoms. The number of benzene rings is 1. The molecule has 1 heteroatoms. The number of fused-ring (bicyclic) bond motifs is 2. The molecule has 1 nitrogen and oxygen atoms in total. The Kier molecular flexibility index (Phi) is 1.45. The predicted octanol–water partition coefficient (Wildman–Crippen LogP) is 1.02. The molecule has 1 atom stereocenters. The van der Waals surface area contributed by atoms with Crippen LogP contribution in [0.2, 0.25) is 0 Å². The number of hydrogen-bond donors (Lipinski definition) is 0. The van der Waals surface area contributed by atoms with E-state index in [1.807, 2.05) is 0 Å². The molecule has 0 spiro atoms. The van der Waals surface area contributed by atoms with Gasteiger partial charge in [-0.05, 0) is 18.1 Å². The lowest BCUT2D eigenvalue weighted by molar-refractivity contribution is 0.211. The van der Waals surface area contributed by atoms with Crippen LogP contribution in [0.25, 0.3) is 11.8 Å². The van der Waals surface area contributed by atoms with Crippen LogP contribution < -0.4 is 10.4 Å². The van der Waals surface area contributed by atoms with Crippen LogP contribution >= 0.6 is 0 Å². The molecule has 1 fully saturated rings. The van der Waals surface area contributed by atoms with E-state index >= 15 is 0 Å². The maximum absolute atomic E-state index is 5.71. The lowest BCUT2D eigenvalue weighted by Gasteiger charge is -2.20. The van der Waals surface area contributed by atoms with Crippen LogP contribution in [0.3, 0.4) is 0 Å². The fourth-order valence-electron chi connectivity index (χ4n) is 2.24. The van der Waals surface area contributed by atoms with Gasteiger partial charge >= 0.3 is 0 Å². The SMILES string of the molecule is C1=c2ccccc2=C2OCCCC12. The van der Waals surface area contributed by atoms with E-state index in [2.05, 4.69) is 30.3 Å². The van der Waals surface area contributed by atoms with Crippen molar-refractivity contribution in [2.45, 2.75) is 12.8 Å². The molecule has 0 radical (unpaired) electrons. The summed E-state index contributed by atoms with van der Waals surface area (Å²) in [7, 11) is 0. The molecule has 1 aromatic rings. The largest absolute Gasteiger partial charge is 0.497 e. The van der Waals surface area contributed by atoms with Gasteiger partial charge in [-0.3, -0.25) is 0 Å². The summed E-state index contributed by atoms with van der Waals surface area (Å²) in [6.45, 7) is 0.897. The van der Waals surface area contributed by atoms with Crippen LogP contribution in [-0.2, 0) is 4.74 Å². The Hall–Kier alpha value is -1.24. The molecule has 1 heterocycles. The van der Waals surface area contributed by atoms with Crippen molar-refractivity contribution in [2.24, 2.45) is 5.92 Å². The van der Waals surface area contributed by atoms with Gasteiger partial charge in [0.15, 0.2) is 0 Å². The van der Waals surface area contributed by atoms with E-state index in [0.717, 1.165) is 6.61 Å². The molecule has 66 valence electrons. The third-order valence-corrected chi connectivity index (χ3v) is 2.86. The van der Waals surface area contributed by atoms with Crippen LogP contribution in [0, 0.1) is 5.92 Å². The summed E-state index contributed by atoms with van der Waals surface area (Å²) in [4.78, 5) is 0. The van der Waals surface area contributed by atoms with Gasteiger partial charge in [-0.25, -0.2) is 0 Å². The molecule has 0 aromatic heterocycles. The summed E-state index contributed by atoms with van der Waals surface area (Å²) in [6.07, 6.45) is 4.78. The van der Waals surface area contributed by atoms with E-state index in [9.17, 15) is 0 Å². The van der Waals surface area contributed by atoms with Gasteiger partial charge in [0.25, 0.3) is 0 Å². The second-order valence-electron chi connectivity index (χ2n) is 3.72. The summed E-state index contributed by atoms with van der Waals surface area (Å²) in [5.74, 6) is 1.77. The minimum atomic E-state index is 0.561. The first-order chi connectivity index (χ1) is 6.45. The van der Waals surface area contributed by atoms with Crippen molar-refractivity contribution in [3.8, 4) is 0 Å². The molecule has 0 saturated carbocycles. The van der Waals surface area contributed by atoms with E-state index in [0.29, 0.717) is 5.92 Å². The highest BCUT2D eigenvalue weighted by molar-refractivity contribution is 5.58. The van der Waals surface area contributed by atoms with Gasteiger partial charge in [0.2, 0.25) is 0 Å². The molecule has 0 N–H and O–H groups in total. The van der Waals surface area contributed by atoms with Crippen LogP contribution in [-0.4, -0.2) is 6.61 Å². The quantitative estimate of drug-likeness (QED) is 0.567. The molecule has 3 rings (SSSR count). The Morgan fingerprint density at radius 3 is 3.15 bits per heavy atom. The Labute approximate surface area is 77.3 Å². The maximum Gasteiger partial charge on any atom is 0.111 e. The van der Waals surface area contributed by atoms with Crippen LogP contribution in [0.5, 0.6) is 0 Å². The Balaban J connectivity index is 2.29. The summed E-state index contributed by atoms with van der Waals surface area (Å²) in [5, 5.41) is 2.66. The molecule has 1 aliphatic carbocycles. The third kappa shape index (κ3) is 0.998. The van der Waals surface area contributed by atoms with Crippen LogP contribution in [0.1, 0.15) is 12.8 Å². The summed E-state index contributed by atoms with van der Waals surface area (Å²) < 4.78 is 5.71. The molecule has 1 saturated heterocycles. The first-order valence-corrected chi connectivity index (χ1v) is 4.89. The van der Waals surface area contributed by atoms with Gasteiger partial charge in [-0.2, -0.15) is 0 Å². The lowest BCUT2D eigenvalue weighted by Crippen LogP contribution is -2.23. The van der Waals surface area contributed by atoms with Crippen molar-refractivity contribution in [1.82, 2.24) is 0 Å². The molecule has 1 aromatic carbocycles. The summed E-state index contributed by atoms with van der Waals surface area (Å²) >= 11 is 0. The van der Waals surface area contributed by atoms with E-state index in [1.54, 1.807) is 0 Å². The van der Waals surface area contributed by atoms with Crippen molar-refractivity contribution in [3.63, 3.8) is 0 Å². The lowest BCUT2D eigenvalue weighted by atomic mass is 10.0. The first-order valence-electron chi connectivity index (χ1n) is 4.89. The Morgan fingerprint density at radius 2 is 2.15 bits per heavy atom. The summed E-state index contributed by atoms with van der Waals surface area (Å²) in [6, 6.07) is 8.50. The summed E-state index contributed by atoms with van der Waals surface area (Å²) in [5.41, 5.74) is 0. The normalized spacial score (nSPS) is 24.3. The molecule has 2 aliphatic rings. The van der Waals surface area contributed by atoms with Crippen molar-refractivity contribution in [3.05, 3.63) is 34.7 Å². The molecule has 1 unspecified atom stereocenters. The minimum Gasteiger partial charge on any atom is -0.497 e. The van der Waals surface area contributed by atoms with Crippen molar-refractivity contribution in [2.75, 3.05) is 6.61 Å². The second-order valence-corrected chi connectivity index (χ2v) is 3.72. The highest BCUT2D eigenvalue weighted by atomic mass is 16.5. The Bertz CT molecular complexity index is 444. The predicted molar refractivity (Wildman–Crippen MR) is 52.2 cm³/mol.